The van der Waals surface area contributed by atoms with E-state index in [-0.39, 0.29) is 0 Å². The standard InChI is InChI=1S/C21H36N4O2/c1-27-17-7-14-24(21(26)10-5-15-25-16-6-11-22-25)18-19-8-4-13-23-12-3-2-9-20(19)23/h6,11,16,19-20H,2-5,7-10,12-15,17-18H2,1H3/t19-,20+/m0/s1. The first-order chi connectivity index (χ1) is 13.3. The Morgan fingerprint density at radius 1 is 1.22 bits per heavy atom. The Balaban J connectivity index is 1.53. The molecule has 0 saturated carbocycles. The molecule has 6 nitrogen and oxygen atoms in total. The Morgan fingerprint density at radius 2 is 2.11 bits per heavy atom. The third-order valence-corrected chi connectivity index (χ3v) is 6.15. The van der Waals surface area contributed by atoms with Crippen LogP contribution in [0.3, 0.4) is 0 Å². The average Bonchev–Trinajstić information content (AvgIpc) is 3.21. The van der Waals surface area contributed by atoms with Gasteiger partial charge in [0.2, 0.25) is 5.91 Å². The van der Waals surface area contributed by atoms with E-state index in [1.165, 1.54) is 45.2 Å². The van der Waals surface area contributed by atoms with Crippen molar-refractivity contribution in [3.8, 4) is 0 Å². The number of piperidine rings is 2. The molecule has 2 aliphatic rings. The molecular formula is C21H36N4O2. The van der Waals surface area contributed by atoms with Crippen LogP contribution in [0.25, 0.3) is 0 Å². The number of carbonyl (C=O) groups excluding carboxylic acids is 1. The van der Waals surface area contributed by atoms with E-state index in [2.05, 4.69) is 14.9 Å². The van der Waals surface area contributed by atoms with Crippen LogP contribution >= 0.6 is 0 Å². The molecule has 152 valence electrons. The van der Waals surface area contributed by atoms with Crippen molar-refractivity contribution in [2.75, 3.05) is 39.9 Å². The van der Waals surface area contributed by atoms with E-state index < -0.39 is 0 Å². The maximum atomic E-state index is 12.9. The van der Waals surface area contributed by atoms with Crippen LogP contribution < -0.4 is 0 Å². The number of methoxy groups -OCH3 is 1. The summed E-state index contributed by atoms with van der Waals surface area (Å²) in [5, 5.41) is 4.23. The van der Waals surface area contributed by atoms with E-state index in [4.69, 9.17) is 4.74 Å². The predicted octanol–water partition coefficient (Wildman–Crippen LogP) is 2.79. The highest BCUT2D eigenvalue weighted by atomic mass is 16.5. The van der Waals surface area contributed by atoms with E-state index in [9.17, 15) is 4.79 Å². The van der Waals surface area contributed by atoms with Crippen molar-refractivity contribution >= 4 is 5.91 Å². The molecule has 2 saturated heterocycles. The lowest BCUT2D eigenvalue weighted by atomic mass is 9.83. The Labute approximate surface area is 163 Å². The van der Waals surface area contributed by atoms with Crippen molar-refractivity contribution in [2.45, 2.75) is 64.0 Å². The molecule has 1 aromatic rings. The number of fused-ring (bicyclic) bond motifs is 1. The van der Waals surface area contributed by atoms with Gasteiger partial charge in [0.05, 0.1) is 0 Å². The van der Waals surface area contributed by atoms with Crippen molar-refractivity contribution in [1.29, 1.82) is 0 Å². The molecule has 1 amide bonds. The molecule has 3 rings (SSSR count). The van der Waals surface area contributed by atoms with Gasteiger partial charge in [-0.25, -0.2) is 0 Å². The summed E-state index contributed by atoms with van der Waals surface area (Å²) < 4.78 is 7.13. The number of amides is 1. The molecule has 2 atom stereocenters. The highest BCUT2D eigenvalue weighted by molar-refractivity contribution is 5.76. The quantitative estimate of drug-likeness (QED) is 0.589. The van der Waals surface area contributed by atoms with Crippen LogP contribution in [0.2, 0.25) is 0 Å². The summed E-state index contributed by atoms with van der Waals surface area (Å²) in [6, 6.07) is 2.62. The first-order valence-electron chi connectivity index (χ1n) is 10.8. The molecule has 0 aromatic carbocycles. The minimum atomic E-state index is 0.297. The van der Waals surface area contributed by atoms with Gasteiger partial charge in [-0.15, -0.1) is 0 Å². The van der Waals surface area contributed by atoms with Crippen LogP contribution in [-0.4, -0.2) is 71.4 Å². The highest BCUT2D eigenvalue weighted by Gasteiger charge is 2.34. The van der Waals surface area contributed by atoms with Crippen molar-refractivity contribution in [2.24, 2.45) is 5.92 Å². The number of aryl methyl sites for hydroxylation is 1. The average molecular weight is 377 g/mol. The van der Waals surface area contributed by atoms with Gasteiger partial charge >= 0.3 is 0 Å². The zero-order chi connectivity index (χ0) is 18.9. The second kappa shape index (κ2) is 10.8. The lowest BCUT2D eigenvalue weighted by Crippen LogP contribution is -2.51. The van der Waals surface area contributed by atoms with Crippen molar-refractivity contribution in [1.82, 2.24) is 19.6 Å². The summed E-state index contributed by atoms with van der Waals surface area (Å²) in [4.78, 5) is 17.8. The van der Waals surface area contributed by atoms with Crippen molar-refractivity contribution in [3.63, 3.8) is 0 Å². The van der Waals surface area contributed by atoms with Crippen LogP contribution in [0.4, 0.5) is 0 Å². The van der Waals surface area contributed by atoms with Gasteiger partial charge in [-0.3, -0.25) is 9.48 Å². The number of carbonyl (C=O) groups is 1. The fourth-order valence-corrected chi connectivity index (χ4v) is 4.77. The molecule has 2 fully saturated rings. The number of nitrogens with zero attached hydrogens (tertiary/aromatic N) is 4. The van der Waals surface area contributed by atoms with E-state index in [1.54, 1.807) is 13.3 Å². The van der Waals surface area contributed by atoms with Crippen molar-refractivity contribution < 1.29 is 9.53 Å². The fraction of sp³-hybridized carbons (Fsp3) is 0.810. The first kappa shape index (κ1) is 20.3. The summed E-state index contributed by atoms with van der Waals surface area (Å²) in [6.45, 7) is 5.77. The van der Waals surface area contributed by atoms with Gasteiger partial charge in [0, 0.05) is 58.2 Å². The third kappa shape index (κ3) is 6.04. The van der Waals surface area contributed by atoms with Gasteiger partial charge in [-0.2, -0.15) is 5.10 Å². The first-order valence-corrected chi connectivity index (χ1v) is 10.8. The fourth-order valence-electron chi connectivity index (χ4n) is 4.77. The van der Waals surface area contributed by atoms with Gasteiger partial charge in [0.15, 0.2) is 0 Å². The molecule has 0 N–H and O–H groups in total. The number of rotatable bonds is 10. The largest absolute Gasteiger partial charge is 0.385 e. The maximum absolute atomic E-state index is 12.9. The minimum Gasteiger partial charge on any atom is -0.385 e. The second-order valence-electron chi connectivity index (χ2n) is 8.06. The Morgan fingerprint density at radius 3 is 2.93 bits per heavy atom. The zero-order valence-electron chi connectivity index (χ0n) is 16.9. The molecule has 0 spiro atoms. The number of hydrogen-bond donors (Lipinski definition) is 0. The molecule has 0 unspecified atom stereocenters. The van der Waals surface area contributed by atoms with E-state index in [0.717, 1.165) is 39.1 Å². The monoisotopic (exact) mass is 376 g/mol. The Hall–Kier alpha value is -1.40. The number of aromatic nitrogens is 2. The molecule has 2 aliphatic heterocycles. The predicted molar refractivity (Wildman–Crippen MR) is 106 cm³/mol. The highest BCUT2D eigenvalue weighted by Crippen LogP contribution is 2.31. The van der Waals surface area contributed by atoms with Crippen LogP contribution in [-0.2, 0) is 16.1 Å². The van der Waals surface area contributed by atoms with E-state index in [0.29, 0.717) is 24.3 Å². The Kier molecular flexibility index (Phi) is 8.14. The molecule has 0 aliphatic carbocycles. The number of ether oxygens (including phenoxy) is 1. The summed E-state index contributed by atoms with van der Waals surface area (Å²) >= 11 is 0. The zero-order valence-corrected chi connectivity index (χ0v) is 16.9. The van der Waals surface area contributed by atoms with Gasteiger partial charge < -0.3 is 14.5 Å². The van der Waals surface area contributed by atoms with Gasteiger partial charge in [0.25, 0.3) is 0 Å². The molecule has 27 heavy (non-hydrogen) atoms. The summed E-state index contributed by atoms with van der Waals surface area (Å²) in [5.74, 6) is 0.933. The second-order valence-corrected chi connectivity index (χ2v) is 8.06. The van der Waals surface area contributed by atoms with Gasteiger partial charge in [-0.1, -0.05) is 6.42 Å². The van der Waals surface area contributed by atoms with Gasteiger partial charge in [-0.05, 0) is 63.6 Å². The lowest BCUT2D eigenvalue weighted by Gasteiger charge is -2.45. The molecule has 0 radical (unpaired) electrons. The van der Waals surface area contributed by atoms with Crippen LogP contribution in [0.15, 0.2) is 18.5 Å². The summed E-state index contributed by atoms with van der Waals surface area (Å²) in [5.41, 5.74) is 0. The molecule has 1 aromatic heterocycles. The van der Waals surface area contributed by atoms with Crippen LogP contribution in [0.5, 0.6) is 0 Å². The maximum Gasteiger partial charge on any atom is 0.222 e. The summed E-state index contributed by atoms with van der Waals surface area (Å²) in [7, 11) is 1.73. The normalized spacial score (nSPS) is 23.1. The molecule has 0 bridgehead atoms. The molecule has 3 heterocycles. The molecular weight excluding hydrogens is 340 g/mol. The molecule has 6 heteroatoms. The lowest BCUT2D eigenvalue weighted by molar-refractivity contribution is -0.133. The van der Waals surface area contributed by atoms with E-state index in [1.807, 2.05) is 16.9 Å². The SMILES string of the molecule is COCCCN(C[C@@H]1CCCN2CCCC[C@H]12)C(=O)CCCn1cccn1. The Bertz CT molecular complexity index is 546. The topological polar surface area (TPSA) is 50.6 Å². The van der Waals surface area contributed by atoms with Crippen LogP contribution in [0, 0.1) is 5.92 Å². The van der Waals surface area contributed by atoms with Crippen molar-refractivity contribution in [3.05, 3.63) is 18.5 Å². The van der Waals surface area contributed by atoms with Gasteiger partial charge in [0.1, 0.15) is 0 Å². The van der Waals surface area contributed by atoms with Crippen LogP contribution in [0.1, 0.15) is 51.4 Å². The number of hydrogen-bond acceptors (Lipinski definition) is 4. The smallest absolute Gasteiger partial charge is 0.222 e. The summed E-state index contributed by atoms with van der Waals surface area (Å²) in [6.07, 6.45) is 12.7. The third-order valence-electron chi connectivity index (χ3n) is 6.15. The minimum absolute atomic E-state index is 0.297. The van der Waals surface area contributed by atoms with E-state index >= 15 is 0 Å².